The highest BCUT2D eigenvalue weighted by atomic mass is 16.1. The van der Waals surface area contributed by atoms with Gasteiger partial charge in [0.15, 0.2) is 0 Å². The second kappa shape index (κ2) is 6.00. The number of imidazole rings is 1. The van der Waals surface area contributed by atoms with Gasteiger partial charge in [0.25, 0.3) is 5.91 Å². The number of aromatic nitrogens is 4. The molecule has 2 N–H and O–H groups in total. The van der Waals surface area contributed by atoms with Crippen LogP contribution in [0, 0.1) is 0 Å². The molecule has 0 atom stereocenters. The molecule has 4 aromatic rings. The second-order valence-electron chi connectivity index (χ2n) is 5.46. The van der Waals surface area contributed by atoms with Crippen LogP contribution in [0.1, 0.15) is 15.9 Å². The summed E-state index contributed by atoms with van der Waals surface area (Å²) in [5, 5.41) is 3.94. The largest absolute Gasteiger partial charge is 0.361 e. The second-order valence-corrected chi connectivity index (χ2v) is 5.46. The molecule has 0 aliphatic carbocycles. The van der Waals surface area contributed by atoms with Crippen LogP contribution in [0.3, 0.4) is 0 Å². The minimum atomic E-state index is -0.100. The van der Waals surface area contributed by atoms with Crippen molar-refractivity contribution >= 4 is 16.8 Å². The molecule has 0 radical (unpaired) electrons. The van der Waals surface area contributed by atoms with Gasteiger partial charge in [-0.25, -0.2) is 9.97 Å². The molecule has 0 aliphatic heterocycles. The van der Waals surface area contributed by atoms with Gasteiger partial charge in [-0.05, 0) is 35.9 Å². The Morgan fingerprint density at radius 2 is 2.17 bits per heavy atom. The van der Waals surface area contributed by atoms with Crippen LogP contribution >= 0.6 is 0 Å². The maximum atomic E-state index is 12.3. The molecule has 1 aromatic carbocycles. The van der Waals surface area contributed by atoms with Crippen molar-refractivity contribution in [3.63, 3.8) is 0 Å². The average molecular weight is 317 g/mol. The molecule has 3 aromatic heterocycles. The highest BCUT2D eigenvalue weighted by molar-refractivity contribution is 5.98. The van der Waals surface area contributed by atoms with Crippen molar-refractivity contribution in [2.45, 2.75) is 6.54 Å². The molecule has 0 fully saturated rings. The summed E-state index contributed by atoms with van der Waals surface area (Å²) < 4.78 is 1.83. The molecule has 6 nitrogen and oxygen atoms in total. The first-order chi connectivity index (χ1) is 11.8. The fraction of sp³-hybridized carbons (Fsp3) is 0.0556. The van der Waals surface area contributed by atoms with Gasteiger partial charge in [-0.2, -0.15) is 0 Å². The smallest absolute Gasteiger partial charge is 0.251 e. The maximum absolute atomic E-state index is 12.3. The van der Waals surface area contributed by atoms with Crippen LogP contribution in [0.4, 0.5) is 0 Å². The summed E-state index contributed by atoms with van der Waals surface area (Å²) in [6.45, 7) is 0.432. The van der Waals surface area contributed by atoms with Gasteiger partial charge >= 0.3 is 0 Å². The molecule has 0 aliphatic rings. The molecular weight excluding hydrogens is 302 g/mol. The van der Waals surface area contributed by atoms with Crippen molar-refractivity contribution in [3.05, 3.63) is 78.6 Å². The summed E-state index contributed by atoms with van der Waals surface area (Å²) in [6, 6.07) is 11.4. The van der Waals surface area contributed by atoms with Crippen LogP contribution in [0.15, 0.2) is 67.5 Å². The lowest BCUT2D eigenvalue weighted by molar-refractivity contribution is 0.0951. The van der Waals surface area contributed by atoms with E-state index >= 15 is 0 Å². The molecule has 0 unspecified atom stereocenters. The summed E-state index contributed by atoms with van der Waals surface area (Å²) in [7, 11) is 0. The summed E-state index contributed by atoms with van der Waals surface area (Å²) in [5.74, 6) is 0.692. The van der Waals surface area contributed by atoms with Crippen LogP contribution < -0.4 is 5.32 Å². The summed E-state index contributed by atoms with van der Waals surface area (Å²) in [6.07, 6.45) is 8.85. The van der Waals surface area contributed by atoms with E-state index in [1.54, 1.807) is 18.7 Å². The Morgan fingerprint density at radius 1 is 1.21 bits per heavy atom. The zero-order chi connectivity index (χ0) is 16.4. The first-order valence-electron chi connectivity index (χ1n) is 7.58. The predicted octanol–water partition coefficient (Wildman–Crippen LogP) is 2.68. The van der Waals surface area contributed by atoms with Gasteiger partial charge in [-0.3, -0.25) is 9.36 Å². The fourth-order valence-corrected chi connectivity index (χ4v) is 2.55. The lowest BCUT2D eigenvalue weighted by atomic mass is 10.1. The Labute approximate surface area is 138 Å². The van der Waals surface area contributed by atoms with E-state index in [2.05, 4.69) is 20.3 Å². The van der Waals surface area contributed by atoms with E-state index in [9.17, 15) is 4.79 Å². The van der Waals surface area contributed by atoms with Gasteiger partial charge in [0, 0.05) is 47.8 Å². The monoisotopic (exact) mass is 317 g/mol. The molecule has 0 bridgehead atoms. The van der Waals surface area contributed by atoms with E-state index in [4.69, 9.17) is 0 Å². The molecule has 118 valence electrons. The number of rotatable bonds is 4. The number of fused-ring (bicyclic) bond motifs is 1. The Kier molecular flexibility index (Phi) is 3.55. The first-order valence-corrected chi connectivity index (χ1v) is 7.58. The van der Waals surface area contributed by atoms with Crippen molar-refractivity contribution in [1.82, 2.24) is 24.8 Å². The minimum Gasteiger partial charge on any atom is -0.361 e. The standard InChI is InChI=1S/C18H15N5O/c24-18(15-2-3-16-14(9-15)5-6-20-16)22-11-13-1-4-17(21-10-13)23-8-7-19-12-23/h1-10,12,20H,11H2,(H,22,24). The Hall–Kier alpha value is -3.41. The lowest BCUT2D eigenvalue weighted by Crippen LogP contribution is -2.22. The van der Waals surface area contributed by atoms with E-state index < -0.39 is 0 Å². The third-order valence-corrected chi connectivity index (χ3v) is 3.85. The van der Waals surface area contributed by atoms with Crippen molar-refractivity contribution in [2.75, 3.05) is 0 Å². The van der Waals surface area contributed by atoms with E-state index in [-0.39, 0.29) is 5.91 Å². The number of carbonyl (C=O) groups excluding carboxylic acids is 1. The van der Waals surface area contributed by atoms with Gasteiger partial charge in [0.1, 0.15) is 12.1 Å². The van der Waals surface area contributed by atoms with Crippen LogP contribution in [-0.4, -0.2) is 25.4 Å². The normalized spacial score (nSPS) is 10.8. The van der Waals surface area contributed by atoms with Gasteiger partial charge in [-0.15, -0.1) is 0 Å². The molecule has 4 rings (SSSR count). The van der Waals surface area contributed by atoms with Crippen molar-refractivity contribution in [1.29, 1.82) is 0 Å². The van der Waals surface area contributed by atoms with Gasteiger partial charge in [0.2, 0.25) is 0 Å². The average Bonchev–Trinajstić information content (AvgIpc) is 3.30. The maximum Gasteiger partial charge on any atom is 0.251 e. The molecule has 1 amide bonds. The Balaban J connectivity index is 1.43. The van der Waals surface area contributed by atoms with Crippen LogP contribution in [0.5, 0.6) is 0 Å². The predicted molar refractivity (Wildman–Crippen MR) is 90.8 cm³/mol. The van der Waals surface area contributed by atoms with Crippen molar-refractivity contribution in [2.24, 2.45) is 0 Å². The Morgan fingerprint density at radius 3 is 2.96 bits per heavy atom. The molecular formula is C18H15N5O. The summed E-state index contributed by atoms with van der Waals surface area (Å²) in [4.78, 5) is 23.8. The zero-order valence-corrected chi connectivity index (χ0v) is 12.8. The highest BCUT2D eigenvalue weighted by Crippen LogP contribution is 2.14. The number of aromatic amines is 1. The number of hydrogen-bond donors (Lipinski definition) is 2. The number of amides is 1. The molecule has 0 saturated carbocycles. The fourth-order valence-electron chi connectivity index (χ4n) is 2.55. The third kappa shape index (κ3) is 2.77. The summed E-state index contributed by atoms with van der Waals surface area (Å²) >= 11 is 0. The van der Waals surface area contributed by atoms with Crippen molar-refractivity contribution in [3.8, 4) is 5.82 Å². The minimum absolute atomic E-state index is 0.100. The van der Waals surface area contributed by atoms with Crippen LogP contribution in [-0.2, 0) is 6.54 Å². The SMILES string of the molecule is O=C(NCc1ccc(-n2ccnc2)nc1)c1ccc2[nH]ccc2c1. The van der Waals surface area contributed by atoms with E-state index in [1.165, 1.54) is 0 Å². The number of nitrogens with zero attached hydrogens (tertiary/aromatic N) is 3. The van der Waals surface area contributed by atoms with Crippen LogP contribution in [0.2, 0.25) is 0 Å². The Bertz CT molecular complexity index is 970. The van der Waals surface area contributed by atoms with E-state index in [0.29, 0.717) is 12.1 Å². The van der Waals surface area contributed by atoms with Gasteiger partial charge in [-0.1, -0.05) is 6.07 Å². The van der Waals surface area contributed by atoms with E-state index in [1.807, 2.05) is 53.4 Å². The lowest BCUT2D eigenvalue weighted by Gasteiger charge is -2.07. The zero-order valence-electron chi connectivity index (χ0n) is 12.8. The summed E-state index contributed by atoms with van der Waals surface area (Å²) in [5.41, 5.74) is 2.60. The third-order valence-electron chi connectivity index (χ3n) is 3.85. The number of benzene rings is 1. The van der Waals surface area contributed by atoms with Crippen molar-refractivity contribution < 1.29 is 4.79 Å². The molecule has 24 heavy (non-hydrogen) atoms. The quantitative estimate of drug-likeness (QED) is 0.607. The molecule has 3 heterocycles. The van der Waals surface area contributed by atoms with E-state index in [0.717, 1.165) is 22.3 Å². The topological polar surface area (TPSA) is 75.6 Å². The highest BCUT2D eigenvalue weighted by Gasteiger charge is 2.07. The number of hydrogen-bond acceptors (Lipinski definition) is 3. The number of H-pyrrole nitrogens is 1. The molecule has 0 spiro atoms. The first kappa shape index (κ1) is 14.2. The van der Waals surface area contributed by atoms with Gasteiger partial charge < -0.3 is 10.3 Å². The molecule has 6 heteroatoms. The number of carbonyl (C=O) groups is 1. The number of pyridine rings is 1. The van der Waals surface area contributed by atoms with Gasteiger partial charge in [0.05, 0.1) is 0 Å². The van der Waals surface area contributed by atoms with Crippen LogP contribution in [0.25, 0.3) is 16.7 Å². The molecule has 0 saturated heterocycles. The number of nitrogens with one attached hydrogen (secondary N) is 2.